The molecule has 0 aromatic heterocycles. The van der Waals surface area contributed by atoms with Crippen molar-refractivity contribution in [3.63, 3.8) is 0 Å². The summed E-state index contributed by atoms with van der Waals surface area (Å²) < 4.78 is 0.965. The highest BCUT2D eigenvalue weighted by Gasteiger charge is 2.17. The molecule has 2 rings (SSSR count). The molecule has 0 atom stereocenters. The predicted molar refractivity (Wildman–Crippen MR) is 79.5 cm³/mol. The van der Waals surface area contributed by atoms with Crippen LogP contribution in [-0.4, -0.2) is 23.9 Å². The SMILES string of the molecule is CC1CCN(Cc2ccc(C(=O)NN)cc2Br)CC1. The fourth-order valence-electron chi connectivity index (χ4n) is 2.36. The number of piperidine rings is 1. The van der Waals surface area contributed by atoms with E-state index in [-0.39, 0.29) is 5.91 Å². The van der Waals surface area contributed by atoms with E-state index in [1.807, 2.05) is 18.2 Å². The summed E-state index contributed by atoms with van der Waals surface area (Å²) in [5.74, 6) is 5.71. The summed E-state index contributed by atoms with van der Waals surface area (Å²) in [6, 6.07) is 5.63. The molecule has 1 saturated heterocycles. The second kappa shape index (κ2) is 6.50. The minimum atomic E-state index is -0.265. The zero-order chi connectivity index (χ0) is 13.8. The van der Waals surface area contributed by atoms with Crippen molar-refractivity contribution in [1.82, 2.24) is 10.3 Å². The number of nitrogen functional groups attached to an aromatic ring is 1. The third-order valence-electron chi connectivity index (χ3n) is 3.72. The third kappa shape index (κ3) is 3.78. The molecule has 1 heterocycles. The first-order chi connectivity index (χ1) is 9.10. The predicted octanol–water partition coefficient (Wildman–Crippen LogP) is 2.28. The Morgan fingerprint density at radius 2 is 2.16 bits per heavy atom. The number of carbonyl (C=O) groups is 1. The molecular formula is C14H20BrN3O. The monoisotopic (exact) mass is 325 g/mol. The number of nitrogens with one attached hydrogen (secondary N) is 1. The first kappa shape index (κ1) is 14.5. The smallest absolute Gasteiger partial charge is 0.265 e. The van der Waals surface area contributed by atoms with E-state index < -0.39 is 0 Å². The lowest BCUT2D eigenvalue weighted by atomic mass is 9.99. The maximum atomic E-state index is 11.4. The molecule has 5 heteroatoms. The summed E-state index contributed by atoms with van der Waals surface area (Å²) in [5, 5.41) is 0. The topological polar surface area (TPSA) is 58.4 Å². The van der Waals surface area contributed by atoms with Crippen LogP contribution in [0.3, 0.4) is 0 Å². The van der Waals surface area contributed by atoms with Crippen LogP contribution >= 0.6 is 15.9 Å². The van der Waals surface area contributed by atoms with Gasteiger partial charge in [-0.2, -0.15) is 0 Å². The van der Waals surface area contributed by atoms with Gasteiger partial charge in [-0.1, -0.05) is 28.9 Å². The highest BCUT2D eigenvalue weighted by molar-refractivity contribution is 9.10. The number of amides is 1. The Labute approximate surface area is 122 Å². The van der Waals surface area contributed by atoms with E-state index in [1.165, 1.54) is 18.4 Å². The molecule has 0 bridgehead atoms. The van der Waals surface area contributed by atoms with Crippen molar-refractivity contribution in [2.75, 3.05) is 13.1 Å². The second-order valence-corrected chi connectivity index (χ2v) is 6.09. The van der Waals surface area contributed by atoms with Gasteiger partial charge >= 0.3 is 0 Å². The van der Waals surface area contributed by atoms with Gasteiger partial charge in [0.05, 0.1) is 0 Å². The van der Waals surface area contributed by atoms with Crippen LogP contribution in [0.5, 0.6) is 0 Å². The highest BCUT2D eigenvalue weighted by Crippen LogP contribution is 2.23. The van der Waals surface area contributed by atoms with Crippen LogP contribution in [0.4, 0.5) is 0 Å². The zero-order valence-corrected chi connectivity index (χ0v) is 12.7. The molecule has 1 aliphatic heterocycles. The van der Waals surface area contributed by atoms with Crippen LogP contribution in [0.2, 0.25) is 0 Å². The van der Waals surface area contributed by atoms with E-state index >= 15 is 0 Å². The van der Waals surface area contributed by atoms with Crippen LogP contribution in [0.25, 0.3) is 0 Å². The van der Waals surface area contributed by atoms with Gasteiger partial charge in [-0.3, -0.25) is 15.1 Å². The molecule has 0 aliphatic carbocycles. The maximum absolute atomic E-state index is 11.4. The molecule has 19 heavy (non-hydrogen) atoms. The van der Waals surface area contributed by atoms with Gasteiger partial charge in [0.1, 0.15) is 0 Å². The highest BCUT2D eigenvalue weighted by atomic mass is 79.9. The van der Waals surface area contributed by atoms with Crippen molar-refractivity contribution in [2.45, 2.75) is 26.3 Å². The van der Waals surface area contributed by atoms with E-state index in [0.29, 0.717) is 5.56 Å². The Morgan fingerprint density at radius 3 is 2.74 bits per heavy atom. The number of benzene rings is 1. The standard InChI is InChI=1S/C14H20BrN3O/c1-10-4-6-18(7-5-10)9-12-3-2-11(8-13(12)15)14(19)17-16/h2-3,8,10H,4-7,9,16H2,1H3,(H,17,19). The summed E-state index contributed by atoms with van der Waals surface area (Å²) in [6.07, 6.45) is 2.54. The van der Waals surface area contributed by atoms with Crippen LogP contribution in [0.15, 0.2) is 22.7 Å². The van der Waals surface area contributed by atoms with Gasteiger partial charge in [0.25, 0.3) is 5.91 Å². The maximum Gasteiger partial charge on any atom is 0.265 e. The summed E-state index contributed by atoms with van der Waals surface area (Å²) in [6.45, 7) is 5.54. The van der Waals surface area contributed by atoms with Crippen molar-refractivity contribution in [3.05, 3.63) is 33.8 Å². The molecule has 0 saturated carbocycles. The molecule has 4 nitrogen and oxygen atoms in total. The Bertz CT molecular complexity index is 456. The van der Waals surface area contributed by atoms with E-state index in [9.17, 15) is 4.79 Å². The minimum absolute atomic E-state index is 0.265. The number of nitrogens with two attached hydrogens (primary N) is 1. The Balaban J connectivity index is 2.03. The third-order valence-corrected chi connectivity index (χ3v) is 4.45. The summed E-state index contributed by atoms with van der Waals surface area (Å²) in [5.41, 5.74) is 3.93. The molecule has 1 amide bonds. The molecule has 1 aromatic rings. The number of carbonyl (C=O) groups excluding carboxylic acids is 1. The average Bonchev–Trinajstić information content (AvgIpc) is 2.42. The van der Waals surface area contributed by atoms with Gasteiger partial charge in [-0.25, -0.2) is 5.84 Å². The van der Waals surface area contributed by atoms with Crippen molar-refractivity contribution in [2.24, 2.45) is 11.8 Å². The largest absolute Gasteiger partial charge is 0.299 e. The van der Waals surface area contributed by atoms with Gasteiger partial charge in [0.15, 0.2) is 0 Å². The molecule has 1 aromatic carbocycles. The quantitative estimate of drug-likeness (QED) is 0.509. The number of likely N-dealkylation sites (tertiary alicyclic amines) is 1. The summed E-state index contributed by atoms with van der Waals surface area (Å²) in [7, 11) is 0. The van der Waals surface area contributed by atoms with E-state index in [1.54, 1.807) is 0 Å². The number of halogens is 1. The van der Waals surface area contributed by atoms with Crippen molar-refractivity contribution in [1.29, 1.82) is 0 Å². The zero-order valence-electron chi connectivity index (χ0n) is 11.2. The number of hydrogen-bond acceptors (Lipinski definition) is 3. The first-order valence-electron chi connectivity index (χ1n) is 6.62. The molecule has 0 spiro atoms. The van der Waals surface area contributed by atoms with Crippen LogP contribution in [0, 0.1) is 5.92 Å². The summed E-state index contributed by atoms with van der Waals surface area (Å²) in [4.78, 5) is 13.9. The van der Waals surface area contributed by atoms with Gasteiger partial charge in [0, 0.05) is 16.6 Å². The fourth-order valence-corrected chi connectivity index (χ4v) is 2.87. The first-order valence-corrected chi connectivity index (χ1v) is 7.41. The van der Waals surface area contributed by atoms with Gasteiger partial charge in [0.2, 0.25) is 0 Å². The number of rotatable bonds is 3. The molecule has 104 valence electrons. The molecule has 1 aliphatic rings. The van der Waals surface area contributed by atoms with Gasteiger partial charge < -0.3 is 0 Å². The molecule has 0 unspecified atom stereocenters. The summed E-state index contributed by atoms with van der Waals surface area (Å²) >= 11 is 3.54. The van der Waals surface area contributed by atoms with E-state index in [2.05, 4.69) is 33.2 Å². The van der Waals surface area contributed by atoms with E-state index in [0.717, 1.165) is 30.0 Å². The van der Waals surface area contributed by atoms with Crippen LogP contribution in [-0.2, 0) is 6.54 Å². The van der Waals surface area contributed by atoms with E-state index in [4.69, 9.17) is 5.84 Å². The number of nitrogens with zero attached hydrogens (tertiary/aromatic N) is 1. The van der Waals surface area contributed by atoms with Gasteiger partial charge in [-0.15, -0.1) is 0 Å². The lowest BCUT2D eigenvalue weighted by molar-refractivity contribution is 0.0953. The molecule has 3 N–H and O–H groups in total. The number of hydrogen-bond donors (Lipinski definition) is 2. The second-order valence-electron chi connectivity index (χ2n) is 5.24. The van der Waals surface area contributed by atoms with Crippen LogP contribution < -0.4 is 11.3 Å². The average molecular weight is 326 g/mol. The Kier molecular flexibility index (Phi) is 4.96. The van der Waals surface area contributed by atoms with Gasteiger partial charge in [-0.05, 0) is 49.5 Å². The Hall–Kier alpha value is -0.910. The van der Waals surface area contributed by atoms with Crippen molar-refractivity contribution in [3.8, 4) is 0 Å². The minimum Gasteiger partial charge on any atom is -0.299 e. The Morgan fingerprint density at radius 1 is 1.47 bits per heavy atom. The molecule has 1 fully saturated rings. The number of hydrazine groups is 1. The van der Waals surface area contributed by atoms with Crippen LogP contribution in [0.1, 0.15) is 35.7 Å². The van der Waals surface area contributed by atoms with Crippen molar-refractivity contribution < 1.29 is 4.79 Å². The lowest BCUT2D eigenvalue weighted by Gasteiger charge is -2.30. The lowest BCUT2D eigenvalue weighted by Crippen LogP contribution is -2.32. The normalized spacial score (nSPS) is 17.4. The molecular weight excluding hydrogens is 306 g/mol. The fraction of sp³-hybridized carbons (Fsp3) is 0.500. The van der Waals surface area contributed by atoms with Crippen molar-refractivity contribution >= 4 is 21.8 Å². The molecule has 0 radical (unpaired) electrons.